The fourth-order valence-electron chi connectivity index (χ4n) is 1.69. The number of hydrogen-bond acceptors (Lipinski definition) is 5. The third kappa shape index (κ3) is 3.65. The molecule has 0 radical (unpaired) electrons. The molecule has 106 valence electrons. The van der Waals surface area contributed by atoms with Crippen LogP contribution in [0.25, 0.3) is 0 Å². The lowest BCUT2D eigenvalue weighted by Crippen LogP contribution is -2.35. The van der Waals surface area contributed by atoms with Crippen LogP contribution in [0.15, 0.2) is 12.1 Å². The highest BCUT2D eigenvalue weighted by Gasteiger charge is 2.22. The van der Waals surface area contributed by atoms with Gasteiger partial charge in [0.1, 0.15) is 13.2 Å². The van der Waals surface area contributed by atoms with Crippen LogP contribution in [-0.2, 0) is 0 Å². The van der Waals surface area contributed by atoms with E-state index in [4.69, 9.17) is 25.8 Å². The molecule has 1 atom stereocenters. The minimum atomic E-state index is -1.00. The second-order valence-corrected chi connectivity index (χ2v) is 4.94. The van der Waals surface area contributed by atoms with E-state index in [0.717, 1.165) is 0 Å². The maximum absolute atomic E-state index is 9.84. The van der Waals surface area contributed by atoms with Gasteiger partial charge in [-0.2, -0.15) is 0 Å². The number of hydrogen-bond donors (Lipinski definition) is 2. The van der Waals surface area contributed by atoms with E-state index < -0.39 is 6.29 Å². The van der Waals surface area contributed by atoms with Gasteiger partial charge in [0.15, 0.2) is 11.5 Å². The fraction of sp³-hybridized carbons (Fsp3) is 0.538. The van der Waals surface area contributed by atoms with E-state index in [-0.39, 0.29) is 6.04 Å². The average molecular weight is 288 g/mol. The van der Waals surface area contributed by atoms with Crippen molar-refractivity contribution >= 4 is 11.6 Å². The molecular weight excluding hydrogens is 270 g/mol. The Labute approximate surface area is 117 Å². The maximum Gasteiger partial charge on any atom is 0.210 e. The molecular formula is C13H18ClNO4. The predicted molar refractivity (Wildman–Crippen MR) is 72.2 cm³/mol. The molecule has 0 saturated heterocycles. The van der Waals surface area contributed by atoms with Gasteiger partial charge in [-0.1, -0.05) is 25.4 Å². The summed E-state index contributed by atoms with van der Waals surface area (Å²) in [6.45, 7) is 5.20. The summed E-state index contributed by atoms with van der Waals surface area (Å²) in [5.74, 6) is 1.34. The Kier molecular flexibility index (Phi) is 4.74. The van der Waals surface area contributed by atoms with Gasteiger partial charge in [-0.3, -0.25) is 0 Å². The summed E-state index contributed by atoms with van der Waals surface area (Å²) in [4.78, 5) is 0. The quantitative estimate of drug-likeness (QED) is 0.809. The number of halogens is 1. The summed E-state index contributed by atoms with van der Waals surface area (Å²) < 4.78 is 16.4. The molecule has 2 rings (SSSR count). The summed E-state index contributed by atoms with van der Waals surface area (Å²) in [6, 6.07) is 3.65. The predicted octanol–water partition coefficient (Wildman–Crippen LogP) is 1.81. The van der Waals surface area contributed by atoms with Crippen molar-refractivity contribution in [3.05, 3.63) is 17.2 Å². The number of fused-ring (bicyclic) bond motifs is 1. The number of aliphatic hydroxyl groups is 1. The highest BCUT2D eigenvalue weighted by atomic mass is 35.5. The molecule has 6 heteroatoms. The first-order valence-electron chi connectivity index (χ1n) is 6.24. The van der Waals surface area contributed by atoms with Crippen LogP contribution in [0.3, 0.4) is 0 Å². The van der Waals surface area contributed by atoms with Crippen molar-refractivity contribution in [2.75, 3.05) is 19.8 Å². The third-order valence-electron chi connectivity index (χ3n) is 2.57. The van der Waals surface area contributed by atoms with Crippen LogP contribution in [0, 0.1) is 0 Å². The van der Waals surface area contributed by atoms with Gasteiger partial charge < -0.3 is 24.6 Å². The Morgan fingerprint density at radius 2 is 2.11 bits per heavy atom. The van der Waals surface area contributed by atoms with Crippen molar-refractivity contribution in [3.63, 3.8) is 0 Å². The fourth-order valence-corrected chi connectivity index (χ4v) is 1.88. The minimum absolute atomic E-state index is 0.262. The van der Waals surface area contributed by atoms with E-state index in [2.05, 4.69) is 5.32 Å². The van der Waals surface area contributed by atoms with Crippen LogP contribution in [0.5, 0.6) is 17.2 Å². The molecule has 1 heterocycles. The zero-order valence-electron chi connectivity index (χ0n) is 11.0. The van der Waals surface area contributed by atoms with Gasteiger partial charge >= 0.3 is 0 Å². The summed E-state index contributed by atoms with van der Waals surface area (Å²) in [5.41, 5.74) is 0. The molecule has 5 nitrogen and oxygen atoms in total. The molecule has 2 N–H and O–H groups in total. The van der Waals surface area contributed by atoms with Crippen LogP contribution in [0.2, 0.25) is 5.02 Å². The second kappa shape index (κ2) is 6.32. The highest BCUT2D eigenvalue weighted by Crippen LogP contribution is 2.44. The molecule has 0 spiro atoms. The van der Waals surface area contributed by atoms with Gasteiger partial charge in [-0.25, -0.2) is 0 Å². The van der Waals surface area contributed by atoms with Gasteiger partial charge in [0.25, 0.3) is 0 Å². The van der Waals surface area contributed by atoms with Crippen molar-refractivity contribution in [2.24, 2.45) is 0 Å². The first-order valence-corrected chi connectivity index (χ1v) is 6.62. The SMILES string of the molecule is CC(C)NCC(O)Oc1c(Cl)ccc2c1OCCO2. The zero-order valence-corrected chi connectivity index (χ0v) is 11.7. The third-order valence-corrected chi connectivity index (χ3v) is 2.87. The lowest BCUT2D eigenvalue weighted by Gasteiger charge is -2.23. The average Bonchev–Trinajstić information content (AvgIpc) is 2.40. The smallest absolute Gasteiger partial charge is 0.210 e. The van der Waals surface area contributed by atoms with Crippen molar-refractivity contribution in [2.45, 2.75) is 26.2 Å². The normalized spacial score (nSPS) is 15.4. The molecule has 1 unspecified atom stereocenters. The molecule has 0 fully saturated rings. The van der Waals surface area contributed by atoms with Gasteiger partial charge in [0.2, 0.25) is 12.0 Å². The van der Waals surface area contributed by atoms with Crippen LogP contribution < -0.4 is 19.5 Å². The molecule has 0 bridgehead atoms. The van der Waals surface area contributed by atoms with Crippen molar-refractivity contribution < 1.29 is 19.3 Å². The molecule has 1 aliphatic heterocycles. The summed E-state index contributed by atoms with van der Waals surface area (Å²) >= 11 is 6.08. The summed E-state index contributed by atoms with van der Waals surface area (Å²) in [7, 11) is 0. The Balaban J connectivity index is 2.10. The van der Waals surface area contributed by atoms with Crippen LogP contribution in [0.1, 0.15) is 13.8 Å². The first-order chi connectivity index (χ1) is 9.08. The molecule has 0 saturated carbocycles. The van der Waals surface area contributed by atoms with E-state index in [0.29, 0.717) is 42.0 Å². The Morgan fingerprint density at radius 1 is 1.37 bits per heavy atom. The van der Waals surface area contributed by atoms with Crippen molar-refractivity contribution in [1.82, 2.24) is 5.32 Å². The van der Waals surface area contributed by atoms with E-state index in [1.165, 1.54) is 0 Å². The van der Waals surface area contributed by atoms with E-state index in [9.17, 15) is 5.11 Å². The largest absolute Gasteiger partial charge is 0.486 e. The van der Waals surface area contributed by atoms with Crippen molar-refractivity contribution in [3.8, 4) is 17.2 Å². The maximum atomic E-state index is 9.84. The number of nitrogens with one attached hydrogen (secondary N) is 1. The molecule has 1 aliphatic rings. The lowest BCUT2D eigenvalue weighted by molar-refractivity contribution is -0.0193. The molecule has 1 aromatic carbocycles. The Hall–Kier alpha value is -1.17. The Bertz CT molecular complexity index is 439. The standard InChI is InChI=1S/C13H18ClNO4/c1-8(2)15-7-11(16)19-12-9(14)3-4-10-13(12)18-6-5-17-10/h3-4,8,11,15-16H,5-7H2,1-2H3. The summed E-state index contributed by atoms with van der Waals surface area (Å²) in [6.07, 6.45) is -1.00. The first kappa shape index (κ1) is 14.2. The van der Waals surface area contributed by atoms with Gasteiger partial charge in [-0.05, 0) is 12.1 Å². The van der Waals surface area contributed by atoms with Gasteiger partial charge in [0.05, 0.1) is 11.6 Å². The van der Waals surface area contributed by atoms with E-state index in [1.54, 1.807) is 12.1 Å². The number of aliphatic hydroxyl groups excluding tert-OH is 1. The van der Waals surface area contributed by atoms with Crippen LogP contribution in [0.4, 0.5) is 0 Å². The van der Waals surface area contributed by atoms with Gasteiger partial charge in [-0.15, -0.1) is 0 Å². The minimum Gasteiger partial charge on any atom is -0.486 e. The lowest BCUT2D eigenvalue weighted by atomic mass is 10.2. The van der Waals surface area contributed by atoms with Crippen molar-refractivity contribution in [1.29, 1.82) is 0 Å². The second-order valence-electron chi connectivity index (χ2n) is 4.54. The number of ether oxygens (including phenoxy) is 3. The number of benzene rings is 1. The monoisotopic (exact) mass is 287 g/mol. The molecule has 19 heavy (non-hydrogen) atoms. The molecule has 0 aliphatic carbocycles. The highest BCUT2D eigenvalue weighted by molar-refractivity contribution is 6.32. The molecule has 1 aromatic rings. The Morgan fingerprint density at radius 3 is 2.84 bits per heavy atom. The van der Waals surface area contributed by atoms with E-state index in [1.807, 2.05) is 13.8 Å². The zero-order chi connectivity index (χ0) is 13.8. The molecule has 0 amide bonds. The molecule has 0 aromatic heterocycles. The van der Waals surface area contributed by atoms with E-state index >= 15 is 0 Å². The summed E-state index contributed by atoms with van der Waals surface area (Å²) in [5, 5.41) is 13.3. The van der Waals surface area contributed by atoms with Gasteiger partial charge in [0, 0.05) is 6.04 Å². The number of rotatable bonds is 5. The van der Waals surface area contributed by atoms with Crippen LogP contribution in [-0.4, -0.2) is 37.2 Å². The van der Waals surface area contributed by atoms with Crippen LogP contribution >= 0.6 is 11.6 Å². The topological polar surface area (TPSA) is 60.0 Å².